The number of aromatic nitrogens is 6. The van der Waals surface area contributed by atoms with Crippen molar-refractivity contribution in [3.63, 3.8) is 0 Å². The highest BCUT2D eigenvalue weighted by atomic mass is 79.9. The number of nitrogens with zero attached hydrogens (tertiary/aromatic N) is 6. The average Bonchev–Trinajstić information content (AvgIpc) is 1.70. The summed E-state index contributed by atoms with van der Waals surface area (Å²) in [6.45, 7) is 0. The molecule has 0 spiro atoms. The fraction of sp³-hybridized carbons (Fsp3) is 0. The van der Waals surface area contributed by atoms with Gasteiger partial charge in [0.15, 0.2) is 49.2 Å². The minimum atomic E-state index is -3.62. The number of furan rings is 2. The van der Waals surface area contributed by atoms with Gasteiger partial charge in [0.1, 0.15) is 45.0 Å². The van der Waals surface area contributed by atoms with Crippen molar-refractivity contribution in [1.82, 2.24) is 36.1 Å². The summed E-state index contributed by atoms with van der Waals surface area (Å²) in [4.78, 5) is 42.1. The van der Waals surface area contributed by atoms with E-state index >= 15 is 4.57 Å². The van der Waals surface area contributed by atoms with Gasteiger partial charge in [-0.15, -0.1) is 0 Å². The van der Waals surface area contributed by atoms with Gasteiger partial charge in [-0.25, -0.2) is 29.9 Å². The fourth-order valence-corrected chi connectivity index (χ4v) is 22.5. The van der Waals surface area contributed by atoms with Gasteiger partial charge in [0.2, 0.25) is 5.43 Å². The van der Waals surface area contributed by atoms with Crippen molar-refractivity contribution in [2.24, 2.45) is 0 Å². The van der Waals surface area contributed by atoms with E-state index in [1.54, 1.807) is 18.2 Å². The van der Waals surface area contributed by atoms with E-state index in [9.17, 15) is 9.36 Å². The molecule has 3 N–H and O–H groups in total. The first kappa shape index (κ1) is 77.6. The van der Waals surface area contributed by atoms with Crippen LogP contribution in [-0.2, 0) is 9.13 Å². The van der Waals surface area contributed by atoms with E-state index in [1.807, 2.05) is 364 Å². The minimum absolute atomic E-state index is 0. The minimum Gasteiger partial charge on any atom is -0.456 e. The zero-order chi connectivity index (χ0) is 80.0. The third kappa shape index (κ3) is 14.5. The number of rotatable bonds is 10. The first-order valence-corrected chi connectivity index (χ1v) is 42.9. The zero-order valence-electron chi connectivity index (χ0n) is 64.6. The molecule has 577 valence electrons. The van der Waals surface area contributed by atoms with Crippen molar-refractivity contribution in [2.45, 2.75) is 0 Å². The molecule has 0 amide bonds. The van der Waals surface area contributed by atoms with E-state index in [0.717, 1.165) is 125 Å². The average molecular weight is 1670 g/mol. The second-order valence-corrected chi connectivity index (χ2v) is 34.9. The van der Waals surface area contributed by atoms with Crippen molar-refractivity contribution >= 4 is 136 Å². The van der Waals surface area contributed by atoms with Gasteiger partial charge < -0.3 is 33.3 Å². The number of hydrogen-bond acceptors (Lipinski definition) is 14. The topological polar surface area (TPSA) is 212 Å². The molecule has 0 fully saturated rings. The molecule has 1 aliphatic heterocycles. The molecule has 1 unspecified atom stereocenters. The Morgan fingerprint density at radius 3 is 1.16 bits per heavy atom. The Kier molecular flexibility index (Phi) is 21.2. The van der Waals surface area contributed by atoms with Crippen molar-refractivity contribution in [3.05, 3.63) is 409 Å². The zero-order valence-corrected chi connectivity index (χ0v) is 68.0. The summed E-state index contributed by atoms with van der Waals surface area (Å²) in [5.74, 6) is 4.52. The van der Waals surface area contributed by atoms with E-state index in [2.05, 4.69) is 28.1 Å². The van der Waals surface area contributed by atoms with Gasteiger partial charge in [0, 0.05) is 111 Å². The third-order valence-corrected chi connectivity index (χ3v) is 28.6. The molecule has 16 aromatic carbocycles. The Morgan fingerprint density at radius 2 is 0.645 bits per heavy atom. The lowest BCUT2D eigenvalue weighted by molar-refractivity contribution is 0.486. The maximum absolute atomic E-state index is 16.7. The molecule has 18 heteroatoms. The molecule has 0 saturated carbocycles. The summed E-state index contributed by atoms with van der Waals surface area (Å²) in [6, 6.07) is 127. The van der Waals surface area contributed by atoms with Crippen LogP contribution in [-0.4, -0.2) is 38.3 Å². The summed E-state index contributed by atoms with van der Waals surface area (Å²) >= 11 is 3.70. The quantitative estimate of drug-likeness (QED) is 0.0767. The van der Waals surface area contributed by atoms with Crippen LogP contribution in [0.5, 0.6) is 11.5 Å². The maximum atomic E-state index is 16.7. The van der Waals surface area contributed by atoms with Gasteiger partial charge in [-0.2, -0.15) is 0 Å². The molecule has 14 nitrogen and oxygen atoms in total. The van der Waals surface area contributed by atoms with E-state index in [-0.39, 0.29) is 20.0 Å². The lowest BCUT2D eigenvalue weighted by Crippen LogP contribution is -2.28. The number of halogens is 1. The maximum Gasteiger partial charge on any atom is 0.200 e. The van der Waals surface area contributed by atoms with Gasteiger partial charge in [0.05, 0.1) is 10.8 Å². The molecular formula is C103H68BBrN7O7P2. The highest BCUT2D eigenvalue weighted by molar-refractivity contribution is 9.10. The fourth-order valence-electron chi connectivity index (χ4n) is 15.6. The van der Waals surface area contributed by atoms with Crippen molar-refractivity contribution in [2.75, 3.05) is 0 Å². The van der Waals surface area contributed by atoms with Gasteiger partial charge in [-0.1, -0.05) is 315 Å². The second kappa shape index (κ2) is 33.0. The first-order chi connectivity index (χ1) is 58.5. The molecular weight excluding hydrogens is 1600 g/mol. The van der Waals surface area contributed by atoms with Crippen LogP contribution < -0.4 is 48.1 Å². The molecule has 22 rings (SSSR count). The molecule has 0 saturated heterocycles. The smallest absolute Gasteiger partial charge is 0.200 e. The molecule has 3 radical (unpaired) electrons. The van der Waals surface area contributed by atoms with Crippen molar-refractivity contribution in [1.29, 1.82) is 0 Å². The van der Waals surface area contributed by atoms with E-state index in [4.69, 9.17) is 47.9 Å². The Bertz CT molecular complexity index is 7490. The molecule has 6 heterocycles. The second-order valence-electron chi connectivity index (χ2n) is 28.6. The summed E-state index contributed by atoms with van der Waals surface area (Å²) < 4.78 is 57.9. The van der Waals surface area contributed by atoms with Gasteiger partial charge in [-0.05, 0) is 106 Å². The largest absolute Gasteiger partial charge is 0.456 e. The molecule has 1 atom stereocenters. The lowest BCUT2D eigenvalue weighted by atomic mass is 9.99. The Hall–Kier alpha value is -14.6. The number of ether oxygens (including phenoxy) is 1. The van der Waals surface area contributed by atoms with E-state index in [1.165, 1.54) is 0 Å². The number of fused-ring (bicyclic) bond motifs is 14. The highest BCUT2D eigenvalue weighted by Gasteiger charge is 2.38. The van der Waals surface area contributed by atoms with Crippen LogP contribution in [0.2, 0.25) is 0 Å². The van der Waals surface area contributed by atoms with Gasteiger partial charge in [0.25, 0.3) is 0 Å². The van der Waals surface area contributed by atoms with Crippen LogP contribution in [0.1, 0.15) is 0 Å². The van der Waals surface area contributed by atoms with Crippen LogP contribution in [0.15, 0.2) is 417 Å². The molecule has 121 heavy (non-hydrogen) atoms. The normalized spacial score (nSPS) is 12.7. The van der Waals surface area contributed by atoms with E-state index in [0.29, 0.717) is 79.3 Å². The summed E-state index contributed by atoms with van der Waals surface area (Å²) in [5, 5.41) is 9.52. The van der Waals surface area contributed by atoms with Crippen LogP contribution in [0.25, 0.3) is 156 Å². The number of para-hydroxylation sites is 4. The van der Waals surface area contributed by atoms with Crippen molar-refractivity contribution in [3.8, 4) is 102 Å². The standard InChI is InChI=1S/C51H32N3O3P.C28H17N3O2.C24H16BrO2P.B.H3N/c55-58(36-20-8-3-9-21-36)47-27-15-12-24-40(47)37-22-10-13-25-43(37)56-45-30-35(28-29-39(45)42-31-41-38-23-11-14-26-44(38)57-46(41)32-48(42)58)51-53-49(33-16-4-1-5-17-33)52-50(54-51)34-18-6-2-7-19-34;32-25-21-13-7-8-14-23(21)33-24-17-20(15-16-22(24)25)28-30-26(18-9-3-1-4-10-18)29-27(31-28)19-11-5-2-6-12-19;25-21-15-20-19-13-7-8-14-22(19)27-23(20)16-24(21)28(26,17-9-3-1-4-10-17)18-11-5-2-6-12-18;;/h1-32H;1-17H;1-16H;;1H3. The number of hydrogen-bond donors (Lipinski definition) is 1. The predicted octanol–water partition coefficient (Wildman–Crippen LogP) is 23.8. The van der Waals surface area contributed by atoms with Gasteiger partial charge in [-0.3, -0.25) is 4.79 Å². The third-order valence-electron chi connectivity index (χ3n) is 21.4. The molecule has 0 bridgehead atoms. The highest BCUT2D eigenvalue weighted by Crippen LogP contribution is 2.54. The summed E-state index contributed by atoms with van der Waals surface area (Å²) in [7, 11) is -6.69. The predicted molar refractivity (Wildman–Crippen MR) is 495 cm³/mol. The van der Waals surface area contributed by atoms with Crippen molar-refractivity contribution < 1.29 is 27.1 Å². The summed E-state index contributed by atoms with van der Waals surface area (Å²) in [6.07, 6.45) is 0. The Balaban J connectivity index is 0.000000135. The monoisotopic (exact) mass is 1670 g/mol. The molecule has 21 aromatic rings. The van der Waals surface area contributed by atoms with Crippen LogP contribution in [0.4, 0.5) is 0 Å². The Labute approximate surface area is 705 Å². The van der Waals surface area contributed by atoms with Crippen LogP contribution >= 0.6 is 30.2 Å². The SMILES string of the molecule is N.O=P(c1ccccc1)(c1ccccc1)c1cc2oc3ccccc3c2cc1Br.O=P1(c2ccccc2)c2ccccc2-c2ccccc2Oc2cc(-c3nc(-c4ccccc4)nc(-c4ccccc4)n3)ccc2-c2cc3c(cc21)oc1ccccc13.O=c1c2ccccc2oc2cc(-c3nc(-c4ccccc4)nc(-c4ccccc4)n3)ccc12.[B]. The molecule has 0 aliphatic carbocycles. The first-order valence-electron chi connectivity index (χ1n) is 38.7. The van der Waals surface area contributed by atoms with Crippen LogP contribution in [0.3, 0.4) is 0 Å². The van der Waals surface area contributed by atoms with Crippen LogP contribution in [0, 0.1) is 0 Å². The Morgan fingerprint density at radius 1 is 0.281 bits per heavy atom. The molecule has 1 aliphatic rings. The number of benzene rings is 16. The van der Waals surface area contributed by atoms with Gasteiger partial charge >= 0.3 is 0 Å². The molecule has 5 aromatic heterocycles. The van der Waals surface area contributed by atoms with E-state index < -0.39 is 14.3 Å². The summed E-state index contributed by atoms with van der Waals surface area (Å²) in [5.41, 5.74) is 12.3. The lowest BCUT2D eigenvalue weighted by Gasteiger charge is -2.28.